The van der Waals surface area contributed by atoms with Gasteiger partial charge in [-0.3, -0.25) is 0 Å². The highest BCUT2D eigenvalue weighted by atomic mass is 28.3. The van der Waals surface area contributed by atoms with Gasteiger partial charge >= 0.3 is 0 Å². The third-order valence-electron chi connectivity index (χ3n) is 3.83. The summed E-state index contributed by atoms with van der Waals surface area (Å²) < 4.78 is 0. The molecule has 0 aliphatic heterocycles. The molecule has 1 heteroatoms. The SMILES string of the molecule is CC1=CC(C)C(C2=CCC=C2[SiH](C)C)=C1C. The average Bonchev–Trinajstić information content (AvgIpc) is 2.73. The van der Waals surface area contributed by atoms with Gasteiger partial charge in [0.05, 0.1) is 8.80 Å². The predicted molar refractivity (Wildman–Crippen MR) is 75.3 cm³/mol. The van der Waals surface area contributed by atoms with E-state index in [1.54, 1.807) is 16.3 Å². The molecule has 2 aliphatic carbocycles. The van der Waals surface area contributed by atoms with Crippen molar-refractivity contribution >= 4 is 8.80 Å². The molecule has 0 N–H and O–H groups in total. The monoisotopic (exact) mass is 230 g/mol. The molecule has 0 saturated heterocycles. The zero-order chi connectivity index (χ0) is 11.9. The Morgan fingerprint density at radius 2 is 1.88 bits per heavy atom. The van der Waals surface area contributed by atoms with E-state index in [4.69, 9.17) is 0 Å². The number of rotatable bonds is 2. The van der Waals surface area contributed by atoms with Gasteiger partial charge in [0.25, 0.3) is 0 Å². The van der Waals surface area contributed by atoms with Crippen LogP contribution in [0.2, 0.25) is 13.1 Å². The van der Waals surface area contributed by atoms with Crippen LogP contribution < -0.4 is 0 Å². The Bertz CT molecular complexity index is 430. The minimum atomic E-state index is -0.676. The quantitative estimate of drug-likeness (QED) is 0.624. The van der Waals surface area contributed by atoms with Crippen LogP contribution in [0.4, 0.5) is 0 Å². The lowest BCUT2D eigenvalue weighted by Crippen LogP contribution is -2.10. The second-order valence-corrected chi connectivity index (χ2v) is 8.28. The molecule has 0 heterocycles. The highest BCUT2D eigenvalue weighted by Gasteiger charge is 2.25. The van der Waals surface area contributed by atoms with Crippen molar-refractivity contribution in [1.82, 2.24) is 0 Å². The lowest BCUT2D eigenvalue weighted by atomic mass is 9.95. The maximum atomic E-state index is 2.45. The first-order valence-corrected chi connectivity index (χ1v) is 9.21. The molecule has 0 saturated carbocycles. The van der Waals surface area contributed by atoms with Gasteiger partial charge in [0.1, 0.15) is 0 Å². The van der Waals surface area contributed by atoms with Gasteiger partial charge in [0.15, 0.2) is 0 Å². The Balaban J connectivity index is 2.39. The molecule has 16 heavy (non-hydrogen) atoms. The molecule has 0 aromatic heterocycles. The second kappa shape index (κ2) is 4.21. The van der Waals surface area contributed by atoms with Crippen molar-refractivity contribution in [3.63, 3.8) is 0 Å². The van der Waals surface area contributed by atoms with Crippen molar-refractivity contribution in [3.8, 4) is 0 Å². The van der Waals surface area contributed by atoms with Crippen molar-refractivity contribution < 1.29 is 0 Å². The van der Waals surface area contributed by atoms with E-state index < -0.39 is 8.80 Å². The Hall–Kier alpha value is -0.823. The Kier molecular flexibility index (Phi) is 3.07. The Morgan fingerprint density at radius 3 is 2.38 bits per heavy atom. The van der Waals surface area contributed by atoms with Crippen molar-refractivity contribution in [1.29, 1.82) is 0 Å². The second-order valence-electron chi connectivity index (χ2n) is 5.34. The minimum Gasteiger partial charge on any atom is -0.0812 e. The van der Waals surface area contributed by atoms with Crippen LogP contribution in [0.25, 0.3) is 0 Å². The lowest BCUT2D eigenvalue weighted by molar-refractivity contribution is 0.890. The van der Waals surface area contributed by atoms with Crippen molar-refractivity contribution in [2.75, 3.05) is 0 Å². The standard InChI is InChI=1S/C15H22Si/c1-10-9-11(2)15(12(10)3)13-7-6-8-14(13)16(4)5/h7-9,11,16H,6H2,1-5H3. The fraction of sp³-hybridized carbons (Fsp3) is 0.467. The number of allylic oxidation sites excluding steroid dienone is 8. The molecule has 0 spiro atoms. The van der Waals surface area contributed by atoms with E-state index >= 15 is 0 Å². The van der Waals surface area contributed by atoms with E-state index in [9.17, 15) is 0 Å². The highest BCUT2D eigenvalue weighted by molar-refractivity contribution is 6.65. The maximum Gasteiger partial charge on any atom is 0.0651 e. The molecule has 0 radical (unpaired) electrons. The van der Waals surface area contributed by atoms with Crippen molar-refractivity contribution in [2.24, 2.45) is 5.92 Å². The summed E-state index contributed by atoms with van der Waals surface area (Å²) in [6.07, 6.45) is 8.44. The first kappa shape index (κ1) is 11.7. The molecule has 0 bridgehead atoms. The Morgan fingerprint density at radius 1 is 1.19 bits per heavy atom. The summed E-state index contributed by atoms with van der Waals surface area (Å²) in [4.78, 5) is 0. The summed E-state index contributed by atoms with van der Waals surface area (Å²) in [5, 5.41) is 1.68. The normalized spacial score (nSPS) is 25.1. The molecule has 0 aromatic carbocycles. The van der Waals surface area contributed by atoms with Gasteiger partial charge in [-0.05, 0) is 37.0 Å². The summed E-state index contributed by atoms with van der Waals surface area (Å²) in [6, 6.07) is 0. The zero-order valence-corrected chi connectivity index (χ0v) is 12.2. The summed E-state index contributed by atoms with van der Waals surface area (Å²) >= 11 is 0. The van der Waals surface area contributed by atoms with Gasteiger partial charge in [0, 0.05) is 5.92 Å². The first-order valence-electron chi connectivity index (χ1n) is 6.33. The number of hydrogen-bond acceptors (Lipinski definition) is 0. The van der Waals surface area contributed by atoms with Crippen molar-refractivity contribution in [3.05, 3.63) is 45.7 Å². The van der Waals surface area contributed by atoms with E-state index in [-0.39, 0.29) is 0 Å². The molecule has 1 atom stereocenters. The van der Waals surface area contributed by atoms with Gasteiger partial charge in [-0.15, -0.1) is 0 Å². The molecule has 1 unspecified atom stereocenters. The fourth-order valence-electron chi connectivity index (χ4n) is 2.93. The predicted octanol–water partition coefficient (Wildman–Crippen LogP) is 4.18. The van der Waals surface area contributed by atoms with Gasteiger partial charge in [-0.2, -0.15) is 0 Å². The maximum absolute atomic E-state index is 2.45. The Labute approximate surface area is 101 Å². The third-order valence-corrected chi connectivity index (χ3v) is 5.62. The number of hydrogen-bond donors (Lipinski definition) is 0. The molecular formula is C15H22Si. The van der Waals surface area contributed by atoms with Crippen LogP contribution in [0.15, 0.2) is 45.7 Å². The van der Waals surface area contributed by atoms with E-state index in [0.717, 1.165) is 6.42 Å². The zero-order valence-electron chi connectivity index (χ0n) is 11.1. The molecule has 0 aromatic rings. The van der Waals surface area contributed by atoms with Crippen LogP contribution >= 0.6 is 0 Å². The molecule has 0 fully saturated rings. The summed E-state index contributed by atoms with van der Waals surface area (Å²) in [7, 11) is -0.676. The highest BCUT2D eigenvalue weighted by Crippen LogP contribution is 2.40. The summed E-state index contributed by atoms with van der Waals surface area (Å²) in [5.74, 6) is 0.612. The molecular weight excluding hydrogens is 208 g/mol. The average molecular weight is 230 g/mol. The molecule has 2 aliphatic rings. The molecule has 0 amide bonds. The minimum absolute atomic E-state index is 0.612. The van der Waals surface area contributed by atoms with Crippen LogP contribution in [-0.4, -0.2) is 8.80 Å². The van der Waals surface area contributed by atoms with Crippen LogP contribution in [0.1, 0.15) is 27.2 Å². The third kappa shape index (κ3) is 1.78. The summed E-state index contributed by atoms with van der Waals surface area (Å²) in [5.41, 5.74) is 6.17. The van der Waals surface area contributed by atoms with Gasteiger partial charge < -0.3 is 0 Å². The van der Waals surface area contributed by atoms with Crippen LogP contribution in [0, 0.1) is 5.92 Å². The van der Waals surface area contributed by atoms with E-state index in [0.29, 0.717) is 5.92 Å². The van der Waals surface area contributed by atoms with Gasteiger partial charge in [-0.1, -0.05) is 49.0 Å². The van der Waals surface area contributed by atoms with Crippen LogP contribution in [-0.2, 0) is 0 Å². The lowest BCUT2D eigenvalue weighted by Gasteiger charge is -2.17. The first-order chi connectivity index (χ1) is 7.52. The molecule has 0 nitrogen and oxygen atoms in total. The fourth-order valence-corrected chi connectivity index (χ4v) is 4.43. The van der Waals surface area contributed by atoms with E-state index in [1.165, 1.54) is 11.1 Å². The summed E-state index contributed by atoms with van der Waals surface area (Å²) in [6.45, 7) is 11.7. The molecule has 86 valence electrons. The van der Waals surface area contributed by atoms with Crippen LogP contribution in [0.3, 0.4) is 0 Å². The van der Waals surface area contributed by atoms with E-state index in [1.807, 2.05) is 0 Å². The molecule has 2 rings (SSSR count). The van der Waals surface area contributed by atoms with E-state index in [2.05, 4.69) is 52.1 Å². The topological polar surface area (TPSA) is 0 Å². The van der Waals surface area contributed by atoms with Gasteiger partial charge in [0.2, 0.25) is 0 Å². The van der Waals surface area contributed by atoms with Crippen LogP contribution in [0.5, 0.6) is 0 Å². The largest absolute Gasteiger partial charge is 0.0812 e. The smallest absolute Gasteiger partial charge is 0.0651 e. The van der Waals surface area contributed by atoms with Gasteiger partial charge in [-0.25, -0.2) is 0 Å². The van der Waals surface area contributed by atoms with Crippen molar-refractivity contribution in [2.45, 2.75) is 40.3 Å².